The number of aromatic nitrogens is 2. The monoisotopic (exact) mass is 291 g/mol. The van der Waals surface area contributed by atoms with Gasteiger partial charge in [0, 0.05) is 14.1 Å². The molecule has 1 aromatic heterocycles. The van der Waals surface area contributed by atoms with Crippen molar-refractivity contribution < 1.29 is 9.31 Å². The van der Waals surface area contributed by atoms with Gasteiger partial charge in [-0.1, -0.05) is 12.1 Å². The zero-order chi connectivity index (χ0) is 15.6. The number of aryl methyl sites for hydroxylation is 1. The molecule has 0 bridgehead atoms. The zero-order valence-electron chi connectivity index (χ0n) is 11.8. The maximum Gasteiger partial charge on any atom is 0.333 e. The molecule has 0 aliphatic rings. The lowest BCUT2D eigenvalue weighted by Gasteiger charge is -2.19. The first-order valence-electron chi connectivity index (χ1n) is 6.14. The van der Waals surface area contributed by atoms with Crippen molar-refractivity contribution in [1.82, 2.24) is 9.97 Å². The molecule has 0 fully saturated rings. The Bertz CT molecular complexity index is 692. The predicted octanol–water partition coefficient (Wildman–Crippen LogP) is 2.64. The van der Waals surface area contributed by atoms with Crippen LogP contribution in [0.3, 0.4) is 0 Å². The van der Waals surface area contributed by atoms with E-state index in [-0.39, 0.29) is 28.8 Å². The smallest absolute Gasteiger partial charge is 0.333 e. The number of hydrogen-bond acceptors (Lipinski definition) is 6. The number of nitro groups is 1. The summed E-state index contributed by atoms with van der Waals surface area (Å²) in [6.45, 7) is 1.51. The Labute approximate surface area is 120 Å². The summed E-state index contributed by atoms with van der Waals surface area (Å²) >= 11 is 0. The fourth-order valence-corrected chi connectivity index (χ4v) is 1.95. The maximum atomic E-state index is 13.9. The number of hydrogen-bond donors (Lipinski definition) is 1. The van der Waals surface area contributed by atoms with Gasteiger partial charge in [-0.25, -0.2) is 9.37 Å². The second-order valence-corrected chi connectivity index (χ2v) is 4.32. The number of halogens is 1. The molecule has 0 radical (unpaired) electrons. The molecule has 1 N–H and O–H groups in total. The van der Waals surface area contributed by atoms with Gasteiger partial charge >= 0.3 is 5.69 Å². The van der Waals surface area contributed by atoms with E-state index in [1.807, 2.05) is 0 Å². The van der Waals surface area contributed by atoms with E-state index in [2.05, 4.69) is 15.3 Å². The van der Waals surface area contributed by atoms with E-state index in [0.717, 1.165) is 0 Å². The van der Waals surface area contributed by atoms with Gasteiger partial charge in [-0.15, -0.1) is 0 Å². The van der Waals surface area contributed by atoms with Crippen LogP contribution in [-0.4, -0.2) is 29.0 Å². The summed E-state index contributed by atoms with van der Waals surface area (Å²) < 4.78 is 13.9. The van der Waals surface area contributed by atoms with Crippen LogP contribution < -0.4 is 10.2 Å². The molecule has 0 atom stereocenters. The number of rotatable bonds is 4. The summed E-state index contributed by atoms with van der Waals surface area (Å²) in [7, 11) is 3.13. The predicted molar refractivity (Wildman–Crippen MR) is 77.4 cm³/mol. The van der Waals surface area contributed by atoms with Crippen LogP contribution in [0.5, 0.6) is 0 Å². The Hall–Kier alpha value is -2.77. The highest BCUT2D eigenvalue weighted by molar-refractivity contribution is 5.70. The molecule has 1 heterocycles. The second kappa shape index (κ2) is 5.70. The Morgan fingerprint density at radius 1 is 1.33 bits per heavy atom. The molecule has 0 spiro atoms. The first-order chi connectivity index (χ1) is 9.95. The minimum atomic E-state index is -0.568. The molecule has 0 aliphatic heterocycles. The summed E-state index contributed by atoms with van der Waals surface area (Å²) in [5.74, 6) is -0.227. The minimum absolute atomic E-state index is 0.0296. The van der Waals surface area contributed by atoms with Gasteiger partial charge < -0.3 is 10.2 Å². The lowest BCUT2D eigenvalue weighted by molar-refractivity contribution is -0.385. The lowest BCUT2D eigenvalue weighted by atomic mass is 10.2. The highest BCUT2D eigenvalue weighted by Gasteiger charge is 2.26. The molecule has 0 aliphatic carbocycles. The van der Waals surface area contributed by atoms with E-state index in [9.17, 15) is 14.5 Å². The van der Waals surface area contributed by atoms with Gasteiger partial charge in [-0.3, -0.25) is 10.1 Å². The molecule has 8 heteroatoms. The van der Waals surface area contributed by atoms with Gasteiger partial charge in [0.1, 0.15) is 11.5 Å². The maximum absolute atomic E-state index is 13.9. The van der Waals surface area contributed by atoms with Crippen LogP contribution in [0.2, 0.25) is 0 Å². The molecule has 0 saturated heterocycles. The van der Waals surface area contributed by atoms with Gasteiger partial charge in [0.25, 0.3) is 0 Å². The highest BCUT2D eigenvalue weighted by Crippen LogP contribution is 2.34. The first-order valence-corrected chi connectivity index (χ1v) is 6.14. The van der Waals surface area contributed by atoms with Crippen molar-refractivity contribution >= 4 is 23.1 Å². The molecule has 0 unspecified atom stereocenters. The van der Waals surface area contributed by atoms with E-state index < -0.39 is 10.7 Å². The number of anilines is 3. The second-order valence-electron chi connectivity index (χ2n) is 4.32. The largest absolute Gasteiger partial charge is 0.357 e. The Morgan fingerprint density at radius 3 is 2.57 bits per heavy atom. The highest BCUT2D eigenvalue weighted by atomic mass is 19.1. The molecule has 2 rings (SSSR count). The fourth-order valence-electron chi connectivity index (χ4n) is 1.95. The summed E-state index contributed by atoms with van der Waals surface area (Å²) in [6, 6.07) is 6.00. The van der Waals surface area contributed by atoms with Crippen LogP contribution in [-0.2, 0) is 0 Å². The molecular formula is C13H14FN5O2. The van der Waals surface area contributed by atoms with Gasteiger partial charge in [0.05, 0.1) is 10.6 Å². The molecule has 110 valence electrons. The van der Waals surface area contributed by atoms with Crippen molar-refractivity contribution in [2.75, 3.05) is 24.3 Å². The Balaban J connectivity index is 2.64. The SMILES string of the molecule is CNc1nc(C)c([N+](=O)[O-])c(N(C)c2ccccc2F)n1. The average Bonchev–Trinajstić information content (AvgIpc) is 2.45. The Kier molecular flexibility index (Phi) is 3.97. The van der Waals surface area contributed by atoms with Gasteiger partial charge in [0.2, 0.25) is 11.8 Å². The standard InChI is InChI=1S/C13H14FN5O2/c1-8-11(19(20)21)12(17-13(15-2)16-8)18(3)10-7-5-4-6-9(10)14/h4-7H,1-3H3,(H,15,16,17). The summed E-state index contributed by atoms with van der Waals surface area (Å²) in [4.78, 5) is 20.1. The van der Waals surface area contributed by atoms with E-state index in [1.54, 1.807) is 19.2 Å². The molecule has 2 aromatic rings. The third-order valence-electron chi connectivity index (χ3n) is 2.98. The van der Waals surface area contributed by atoms with Gasteiger partial charge in [0.15, 0.2) is 0 Å². The van der Waals surface area contributed by atoms with E-state index >= 15 is 0 Å². The molecule has 21 heavy (non-hydrogen) atoms. The third kappa shape index (κ3) is 2.73. The van der Waals surface area contributed by atoms with Crippen molar-refractivity contribution in [3.05, 3.63) is 45.9 Å². The molecule has 0 amide bonds. The lowest BCUT2D eigenvalue weighted by Crippen LogP contribution is -2.17. The first kappa shape index (κ1) is 14.6. The quantitative estimate of drug-likeness (QED) is 0.688. The van der Waals surface area contributed by atoms with Crippen molar-refractivity contribution in [2.45, 2.75) is 6.92 Å². The van der Waals surface area contributed by atoms with Crippen LogP contribution in [0.1, 0.15) is 5.69 Å². The summed E-state index contributed by atoms with van der Waals surface area (Å²) in [5.41, 5.74) is 0.151. The van der Waals surface area contributed by atoms with Crippen molar-refractivity contribution in [2.24, 2.45) is 0 Å². The van der Waals surface area contributed by atoms with Crippen molar-refractivity contribution in [3.63, 3.8) is 0 Å². The van der Waals surface area contributed by atoms with E-state index in [4.69, 9.17) is 0 Å². The zero-order valence-corrected chi connectivity index (χ0v) is 11.8. The van der Waals surface area contributed by atoms with Gasteiger partial charge in [-0.05, 0) is 19.1 Å². The number of benzene rings is 1. The Morgan fingerprint density at radius 2 is 2.00 bits per heavy atom. The van der Waals surface area contributed by atoms with E-state index in [1.165, 1.54) is 31.0 Å². The fraction of sp³-hybridized carbons (Fsp3) is 0.231. The molecule has 0 saturated carbocycles. The van der Waals surface area contributed by atoms with Crippen LogP contribution in [0.25, 0.3) is 0 Å². The molecule has 7 nitrogen and oxygen atoms in total. The van der Waals surface area contributed by atoms with Crippen molar-refractivity contribution in [3.8, 4) is 0 Å². The average molecular weight is 291 g/mol. The van der Waals surface area contributed by atoms with Crippen LogP contribution in [0.15, 0.2) is 24.3 Å². The van der Waals surface area contributed by atoms with Gasteiger partial charge in [-0.2, -0.15) is 4.98 Å². The van der Waals surface area contributed by atoms with Crippen LogP contribution in [0, 0.1) is 22.9 Å². The topological polar surface area (TPSA) is 84.2 Å². The third-order valence-corrected chi connectivity index (χ3v) is 2.98. The normalized spacial score (nSPS) is 10.3. The number of nitrogens with zero attached hydrogens (tertiary/aromatic N) is 4. The van der Waals surface area contributed by atoms with Crippen LogP contribution in [0.4, 0.5) is 27.5 Å². The summed E-state index contributed by atoms with van der Waals surface area (Å²) in [6.07, 6.45) is 0. The summed E-state index contributed by atoms with van der Waals surface area (Å²) in [5, 5.41) is 14.0. The van der Waals surface area contributed by atoms with Crippen LogP contribution >= 0.6 is 0 Å². The number of para-hydroxylation sites is 1. The minimum Gasteiger partial charge on any atom is -0.357 e. The molecular weight excluding hydrogens is 277 g/mol. The van der Waals surface area contributed by atoms with Crippen molar-refractivity contribution in [1.29, 1.82) is 0 Å². The molecule has 1 aromatic carbocycles. The number of nitrogens with one attached hydrogen (secondary N) is 1. The van der Waals surface area contributed by atoms with E-state index in [0.29, 0.717) is 0 Å².